The highest BCUT2D eigenvalue weighted by atomic mass is 32.2. The molecule has 3 amide bonds. The van der Waals surface area contributed by atoms with E-state index in [0.717, 1.165) is 0 Å². The van der Waals surface area contributed by atoms with Crippen molar-refractivity contribution >= 4 is 38.7 Å². The highest BCUT2D eigenvalue weighted by Crippen LogP contribution is 2.28. The Morgan fingerprint density at radius 2 is 1.59 bits per heavy atom. The number of nitrogens with one attached hydrogen (secondary N) is 2. The predicted molar refractivity (Wildman–Crippen MR) is 116 cm³/mol. The summed E-state index contributed by atoms with van der Waals surface area (Å²) in [4.78, 5) is 33.9. The van der Waals surface area contributed by atoms with Gasteiger partial charge in [0.1, 0.15) is 4.90 Å². The molecule has 3 rings (SSSR count). The van der Waals surface area contributed by atoms with Crippen molar-refractivity contribution < 1.29 is 27.5 Å². The van der Waals surface area contributed by atoms with Crippen LogP contribution in [0.15, 0.2) is 47.4 Å². The van der Waals surface area contributed by atoms with Crippen LogP contribution in [0, 0.1) is 0 Å². The quantitative estimate of drug-likeness (QED) is 0.569. The summed E-state index contributed by atoms with van der Waals surface area (Å²) in [5.74, 6) is -0.570. The predicted octanol–water partition coefficient (Wildman–Crippen LogP) is 1.86. The molecule has 0 atom stereocenters. The molecule has 0 radical (unpaired) electrons. The van der Waals surface area contributed by atoms with Crippen LogP contribution in [0.4, 0.5) is 10.7 Å². The van der Waals surface area contributed by atoms with E-state index in [1.165, 1.54) is 45.3 Å². The number of anilines is 1. The van der Waals surface area contributed by atoms with Gasteiger partial charge >= 0.3 is 6.03 Å². The van der Waals surface area contributed by atoms with E-state index in [1.807, 2.05) is 4.72 Å². The van der Waals surface area contributed by atoms with Gasteiger partial charge in [-0.2, -0.15) is 9.97 Å². The van der Waals surface area contributed by atoms with Crippen LogP contribution in [0.5, 0.6) is 11.8 Å². The summed E-state index contributed by atoms with van der Waals surface area (Å²) in [7, 11) is 1.25. The first-order valence-corrected chi connectivity index (χ1v) is 10.7. The van der Waals surface area contributed by atoms with Gasteiger partial charge in [0.2, 0.25) is 17.7 Å². The first-order chi connectivity index (χ1) is 15.2. The molecule has 0 aliphatic carbocycles. The van der Waals surface area contributed by atoms with Gasteiger partial charge in [0.25, 0.3) is 15.9 Å². The van der Waals surface area contributed by atoms with Crippen LogP contribution in [0.2, 0.25) is 0 Å². The number of aromatic nitrogens is 2. The van der Waals surface area contributed by atoms with Gasteiger partial charge in [0, 0.05) is 19.5 Å². The van der Waals surface area contributed by atoms with Crippen molar-refractivity contribution in [2.24, 2.45) is 0 Å². The maximum absolute atomic E-state index is 13.2. The summed E-state index contributed by atoms with van der Waals surface area (Å²) in [6, 6.07) is 9.95. The lowest BCUT2D eigenvalue weighted by Crippen LogP contribution is -2.36. The molecule has 3 aromatic rings. The Bertz CT molecular complexity index is 1270. The second-order valence-corrected chi connectivity index (χ2v) is 8.32. The first-order valence-electron chi connectivity index (χ1n) is 9.20. The van der Waals surface area contributed by atoms with Crippen molar-refractivity contribution in [3.05, 3.63) is 48.0 Å². The molecule has 168 valence electrons. The van der Waals surface area contributed by atoms with E-state index < -0.39 is 22.0 Å². The first kappa shape index (κ1) is 22.7. The molecule has 1 heterocycles. The summed E-state index contributed by atoms with van der Waals surface area (Å²) in [5, 5.41) is 3.11. The molecular formula is C20H21N5O6S. The minimum absolute atomic E-state index is 0.0756. The molecule has 2 N–H and O–H groups in total. The Hall–Kier alpha value is -3.93. The van der Waals surface area contributed by atoms with Crippen molar-refractivity contribution in [2.45, 2.75) is 4.90 Å². The van der Waals surface area contributed by atoms with E-state index in [1.54, 1.807) is 30.3 Å². The van der Waals surface area contributed by atoms with Crippen LogP contribution in [0.1, 0.15) is 10.4 Å². The number of carbonyl (C=O) groups is 2. The fraction of sp³-hybridized carbons (Fsp3) is 0.200. The Morgan fingerprint density at radius 3 is 2.19 bits per heavy atom. The Morgan fingerprint density at radius 1 is 0.969 bits per heavy atom. The van der Waals surface area contributed by atoms with E-state index in [4.69, 9.17) is 9.47 Å². The minimum atomic E-state index is -4.47. The van der Waals surface area contributed by atoms with Gasteiger partial charge in [-0.25, -0.2) is 17.9 Å². The molecule has 0 fully saturated rings. The number of carbonyl (C=O) groups excluding carboxylic acids is 2. The number of fused-ring (bicyclic) bond motifs is 1. The van der Waals surface area contributed by atoms with Crippen molar-refractivity contribution in [1.29, 1.82) is 0 Å². The summed E-state index contributed by atoms with van der Waals surface area (Å²) < 4.78 is 38.3. The number of hydrogen-bond acceptors (Lipinski definition) is 8. The van der Waals surface area contributed by atoms with Gasteiger partial charge in [-0.05, 0) is 11.5 Å². The normalized spacial score (nSPS) is 11.0. The van der Waals surface area contributed by atoms with Crippen LogP contribution < -0.4 is 19.5 Å². The number of ether oxygens (including phenoxy) is 2. The Balaban J connectivity index is 2.00. The monoisotopic (exact) mass is 459 g/mol. The number of urea groups is 1. The molecule has 0 unspecified atom stereocenters. The zero-order valence-corrected chi connectivity index (χ0v) is 18.6. The number of amides is 3. The highest BCUT2D eigenvalue weighted by molar-refractivity contribution is 7.90. The van der Waals surface area contributed by atoms with E-state index in [2.05, 4.69) is 15.3 Å². The molecule has 2 aromatic carbocycles. The van der Waals surface area contributed by atoms with Gasteiger partial charge in [-0.15, -0.1) is 0 Å². The second-order valence-electron chi connectivity index (χ2n) is 6.70. The zero-order valence-electron chi connectivity index (χ0n) is 17.7. The van der Waals surface area contributed by atoms with Crippen LogP contribution in [0.3, 0.4) is 0 Å². The molecule has 0 saturated carbocycles. The average molecular weight is 459 g/mol. The molecule has 11 nitrogen and oxygen atoms in total. The molecule has 12 heteroatoms. The number of methoxy groups -OCH3 is 2. The second kappa shape index (κ2) is 9.06. The summed E-state index contributed by atoms with van der Waals surface area (Å²) in [6.07, 6.45) is 0. The lowest BCUT2D eigenvalue weighted by Gasteiger charge is -2.17. The fourth-order valence-corrected chi connectivity index (χ4v) is 4.23. The summed E-state index contributed by atoms with van der Waals surface area (Å²) in [6.45, 7) is 0. The largest absolute Gasteiger partial charge is 0.481 e. The number of rotatable bonds is 6. The summed E-state index contributed by atoms with van der Waals surface area (Å²) >= 11 is 0. The maximum Gasteiger partial charge on any atom is 0.335 e. The van der Waals surface area contributed by atoms with E-state index >= 15 is 0 Å². The van der Waals surface area contributed by atoms with Crippen molar-refractivity contribution in [3.8, 4) is 11.8 Å². The average Bonchev–Trinajstić information content (AvgIpc) is 2.76. The third-order valence-corrected chi connectivity index (χ3v) is 5.77. The topological polar surface area (TPSA) is 140 Å². The van der Waals surface area contributed by atoms with Crippen LogP contribution >= 0.6 is 0 Å². The van der Waals surface area contributed by atoms with Crippen molar-refractivity contribution in [1.82, 2.24) is 19.6 Å². The van der Waals surface area contributed by atoms with Gasteiger partial charge in [0.05, 0.1) is 25.8 Å². The fourth-order valence-electron chi connectivity index (χ4n) is 2.91. The third-order valence-electron chi connectivity index (χ3n) is 4.33. The van der Waals surface area contributed by atoms with Gasteiger partial charge < -0.3 is 14.4 Å². The van der Waals surface area contributed by atoms with E-state index in [9.17, 15) is 18.0 Å². The molecule has 32 heavy (non-hydrogen) atoms. The third kappa shape index (κ3) is 4.70. The molecule has 0 saturated heterocycles. The molecule has 0 aliphatic heterocycles. The van der Waals surface area contributed by atoms with Crippen LogP contribution in [0.25, 0.3) is 10.8 Å². The molecule has 0 bridgehead atoms. The SMILES string of the molecule is COc1cc(OC)nc(NC(=O)NS(=O)(=O)c2c(C(=O)N(C)C)ccc3ccccc23)n1. The zero-order chi connectivity index (χ0) is 23.5. The number of nitrogens with zero attached hydrogens (tertiary/aromatic N) is 3. The standard InChI is InChI=1S/C20H21N5O6S/c1-25(2)18(26)14-10-9-12-7-5-6-8-13(12)17(14)32(28,29)24-20(27)23-19-21-15(30-3)11-16(22-19)31-4/h5-11H,1-4H3,(H2,21,22,23,24,27). The number of sulfonamides is 1. The number of hydrogen-bond donors (Lipinski definition) is 2. The molecular weight excluding hydrogens is 438 g/mol. The van der Waals surface area contributed by atoms with E-state index in [-0.39, 0.29) is 28.2 Å². The highest BCUT2D eigenvalue weighted by Gasteiger charge is 2.28. The lowest BCUT2D eigenvalue weighted by atomic mass is 10.1. The molecule has 0 spiro atoms. The van der Waals surface area contributed by atoms with Crippen molar-refractivity contribution in [3.63, 3.8) is 0 Å². The number of benzene rings is 2. The van der Waals surface area contributed by atoms with Crippen LogP contribution in [-0.4, -0.2) is 63.5 Å². The Kier molecular flexibility index (Phi) is 6.44. The van der Waals surface area contributed by atoms with Crippen molar-refractivity contribution in [2.75, 3.05) is 33.6 Å². The summed E-state index contributed by atoms with van der Waals surface area (Å²) in [5.41, 5.74) is -0.0756. The smallest absolute Gasteiger partial charge is 0.335 e. The minimum Gasteiger partial charge on any atom is -0.481 e. The van der Waals surface area contributed by atoms with Gasteiger partial charge in [0.15, 0.2) is 0 Å². The van der Waals surface area contributed by atoms with E-state index in [0.29, 0.717) is 10.8 Å². The molecule has 0 aliphatic rings. The maximum atomic E-state index is 13.2. The van der Waals surface area contributed by atoms with Crippen LogP contribution in [-0.2, 0) is 10.0 Å². The molecule has 1 aromatic heterocycles. The van der Waals surface area contributed by atoms with Gasteiger partial charge in [-0.3, -0.25) is 10.1 Å². The van der Waals surface area contributed by atoms with Gasteiger partial charge in [-0.1, -0.05) is 30.3 Å². The Labute approximate surface area is 184 Å². The lowest BCUT2D eigenvalue weighted by molar-refractivity contribution is 0.0824.